The van der Waals surface area contributed by atoms with E-state index in [0.29, 0.717) is 24.6 Å². The van der Waals surface area contributed by atoms with Crippen molar-refractivity contribution >= 4 is 0 Å². The second-order valence-corrected chi connectivity index (χ2v) is 18.2. The lowest BCUT2D eigenvalue weighted by atomic mass is 9.98. The summed E-state index contributed by atoms with van der Waals surface area (Å²) in [4.78, 5) is 26.8. The van der Waals surface area contributed by atoms with Gasteiger partial charge in [-0.1, -0.05) is 67.0 Å². The minimum atomic E-state index is -1.64. The summed E-state index contributed by atoms with van der Waals surface area (Å²) in [7, 11) is 0. The molecule has 0 spiro atoms. The van der Waals surface area contributed by atoms with Gasteiger partial charge in [-0.05, 0) is 19.8 Å². The van der Waals surface area contributed by atoms with Crippen LogP contribution in [-0.4, -0.2) is 188 Å². The largest absolute Gasteiger partial charge is 0.394 e. The molecule has 0 aromatic carbocycles. The fraction of sp³-hybridized carbons (Fsp3) is 0.767. The maximum atomic E-state index is 13.7. The minimum Gasteiger partial charge on any atom is -0.394 e. The number of hydrogen-bond acceptors (Lipinski definition) is 22. The van der Waals surface area contributed by atoms with Crippen LogP contribution in [0.2, 0.25) is 0 Å². The second kappa shape index (κ2) is 25.3. The molecule has 0 bridgehead atoms. The Morgan fingerprint density at radius 2 is 1.07 bits per heavy atom. The van der Waals surface area contributed by atoms with E-state index in [1.54, 1.807) is 17.1 Å². The van der Waals surface area contributed by atoms with E-state index in [0.717, 1.165) is 60.6 Å². The van der Waals surface area contributed by atoms with E-state index in [2.05, 4.69) is 30.9 Å². The molecular formula is C43H67N11O16. The number of aliphatic hydroxyl groups is 9. The Balaban J connectivity index is 0.730. The Kier molecular flexibility index (Phi) is 19.3. The van der Waals surface area contributed by atoms with E-state index in [1.807, 2.05) is 0 Å². The van der Waals surface area contributed by atoms with Gasteiger partial charge < -0.3 is 69.6 Å². The molecule has 13 atom stereocenters. The maximum Gasteiger partial charge on any atom is 0.333 e. The Labute approximate surface area is 401 Å². The minimum absolute atomic E-state index is 0.0656. The number of hydrogen-bond donors (Lipinski definition) is 9. The van der Waals surface area contributed by atoms with E-state index in [9.17, 15) is 55.5 Å². The van der Waals surface area contributed by atoms with Crippen molar-refractivity contribution in [3.05, 3.63) is 68.3 Å². The average molecular weight is 994 g/mol. The predicted octanol–water partition coefficient (Wildman–Crippen LogP) is -2.93. The van der Waals surface area contributed by atoms with Crippen LogP contribution < -0.4 is 11.2 Å². The van der Waals surface area contributed by atoms with Gasteiger partial charge in [-0.3, -0.25) is 13.9 Å². The SMILES string of the molecule is Cc1cn([C@H]2C[C@H](O)[C@@H](Cn3cc(COCCCCCCCCCCCCOCc4cn([C@@H]5O[C@H](CO)[C@@H](O)[C@H](O)[C@H]5O)nn4)nn3)O2)c(=O)n(Cc2cn([C@@H]3O[C@H](CO)[C@@H](O)[C@H](O)[C@H]3O)nn2)c1=O. The molecule has 390 valence electrons. The van der Waals surface area contributed by atoms with Crippen molar-refractivity contribution < 1.29 is 69.6 Å². The molecule has 4 aromatic heterocycles. The molecular weight excluding hydrogens is 927 g/mol. The Morgan fingerprint density at radius 3 is 1.61 bits per heavy atom. The molecule has 0 radical (unpaired) electrons. The molecule has 3 saturated heterocycles. The Bertz CT molecular complexity index is 2340. The van der Waals surface area contributed by atoms with Crippen LogP contribution in [0.25, 0.3) is 0 Å². The van der Waals surface area contributed by atoms with Crippen molar-refractivity contribution in [3.63, 3.8) is 0 Å². The van der Waals surface area contributed by atoms with Gasteiger partial charge in [-0.15, -0.1) is 15.3 Å². The fourth-order valence-electron chi connectivity index (χ4n) is 8.79. The number of unbranched alkanes of at least 4 members (excludes halogenated alkanes) is 9. The topological polar surface area (TPSA) is 364 Å². The lowest BCUT2D eigenvalue weighted by molar-refractivity contribution is -0.254. The summed E-state index contributed by atoms with van der Waals surface area (Å²) in [6.07, 6.45) is 0.507. The Morgan fingerprint density at radius 1 is 0.586 bits per heavy atom. The quantitative estimate of drug-likeness (QED) is 0.0284. The van der Waals surface area contributed by atoms with Crippen molar-refractivity contribution in [2.75, 3.05) is 26.4 Å². The molecule has 70 heavy (non-hydrogen) atoms. The summed E-state index contributed by atoms with van der Waals surface area (Å²) < 4.78 is 34.8. The zero-order valence-corrected chi connectivity index (χ0v) is 39.1. The molecule has 3 fully saturated rings. The van der Waals surface area contributed by atoms with Crippen LogP contribution >= 0.6 is 0 Å². The third-order valence-electron chi connectivity index (χ3n) is 12.9. The predicted molar refractivity (Wildman–Crippen MR) is 237 cm³/mol. The molecule has 3 aliphatic rings. The normalized spacial score (nSPS) is 29.3. The molecule has 0 amide bonds. The summed E-state index contributed by atoms with van der Waals surface area (Å²) in [6, 6.07) is 0. The van der Waals surface area contributed by atoms with Gasteiger partial charge >= 0.3 is 5.69 Å². The molecule has 9 N–H and O–H groups in total. The monoisotopic (exact) mass is 993 g/mol. The summed E-state index contributed by atoms with van der Waals surface area (Å²) >= 11 is 0. The molecule has 3 aliphatic heterocycles. The highest BCUT2D eigenvalue weighted by molar-refractivity contribution is 5.07. The standard InChI is InChI=1S/C43H67N11O16/c1-25-15-51(43(65)52(40(25)64)17-26-18-53(48-44-26)41-38(62)36(60)34(58)31(21-55)69-41)33-14-29(57)30(68-33)20-50-16-27(45-47-50)23-66-12-10-8-6-4-2-3-5-7-9-11-13-67-24-28-19-54(49-46-28)42-39(63)37(61)35(59)32(22-56)70-42/h15-16,18-19,29-39,41-42,55-63H,2-14,17,20-24H2,1H3/t29-,30+,31+,32+,33+,34+,35+,36-,37-,38+,39+,41+,42+/m0/s1. The molecule has 0 unspecified atom stereocenters. The first-order valence-electron chi connectivity index (χ1n) is 23.9. The molecule has 4 aromatic rings. The highest BCUT2D eigenvalue weighted by Gasteiger charge is 2.46. The highest BCUT2D eigenvalue weighted by atomic mass is 16.6. The van der Waals surface area contributed by atoms with Gasteiger partial charge in [-0.2, -0.15) is 0 Å². The number of rotatable bonds is 26. The average Bonchev–Trinajstić information content (AvgIpc) is 4.19. The van der Waals surface area contributed by atoms with Gasteiger partial charge in [0.05, 0.1) is 64.2 Å². The van der Waals surface area contributed by atoms with Crippen LogP contribution in [0.15, 0.2) is 34.4 Å². The van der Waals surface area contributed by atoms with Gasteiger partial charge in [0.15, 0.2) is 12.5 Å². The van der Waals surface area contributed by atoms with Gasteiger partial charge in [0, 0.05) is 31.4 Å². The smallest absolute Gasteiger partial charge is 0.333 e. The van der Waals surface area contributed by atoms with Crippen molar-refractivity contribution in [1.29, 1.82) is 0 Å². The van der Waals surface area contributed by atoms with Crippen LogP contribution in [0.3, 0.4) is 0 Å². The van der Waals surface area contributed by atoms with E-state index in [4.69, 9.17) is 23.7 Å². The molecule has 27 nitrogen and oxygen atoms in total. The van der Waals surface area contributed by atoms with E-state index < -0.39 is 104 Å². The summed E-state index contributed by atoms with van der Waals surface area (Å²) in [6.45, 7) is 1.89. The first-order valence-corrected chi connectivity index (χ1v) is 23.9. The molecule has 27 heteroatoms. The van der Waals surface area contributed by atoms with E-state index in [1.165, 1.54) is 41.4 Å². The lowest BCUT2D eigenvalue weighted by Gasteiger charge is -2.39. The summed E-state index contributed by atoms with van der Waals surface area (Å²) in [5.74, 6) is 0. The van der Waals surface area contributed by atoms with Crippen LogP contribution in [-0.2, 0) is 50.0 Å². The van der Waals surface area contributed by atoms with E-state index in [-0.39, 0.29) is 44.0 Å². The summed E-state index contributed by atoms with van der Waals surface area (Å²) in [5, 5.41) is 115. The van der Waals surface area contributed by atoms with E-state index >= 15 is 0 Å². The van der Waals surface area contributed by atoms with Crippen molar-refractivity contribution in [2.45, 2.75) is 184 Å². The first kappa shape index (κ1) is 53.3. The highest BCUT2D eigenvalue weighted by Crippen LogP contribution is 2.31. The summed E-state index contributed by atoms with van der Waals surface area (Å²) in [5.41, 5.74) is 0.216. The lowest BCUT2D eigenvalue weighted by Crippen LogP contribution is -2.56. The second-order valence-electron chi connectivity index (χ2n) is 18.2. The fourth-order valence-corrected chi connectivity index (χ4v) is 8.79. The maximum absolute atomic E-state index is 13.7. The van der Waals surface area contributed by atoms with Gasteiger partial charge in [-0.25, -0.2) is 18.8 Å². The number of aromatic nitrogens is 11. The third kappa shape index (κ3) is 13.1. The van der Waals surface area contributed by atoms with Crippen molar-refractivity contribution in [3.8, 4) is 0 Å². The van der Waals surface area contributed by atoms with Gasteiger partial charge in [0.25, 0.3) is 5.56 Å². The van der Waals surface area contributed by atoms with Crippen LogP contribution in [0.5, 0.6) is 0 Å². The van der Waals surface area contributed by atoms with Gasteiger partial charge in [0.2, 0.25) is 0 Å². The first-order chi connectivity index (χ1) is 33.8. The Hall–Kier alpha value is -4.46. The van der Waals surface area contributed by atoms with Crippen molar-refractivity contribution in [1.82, 2.24) is 54.1 Å². The van der Waals surface area contributed by atoms with Crippen LogP contribution in [0, 0.1) is 6.92 Å². The molecule has 0 aliphatic carbocycles. The van der Waals surface area contributed by atoms with Crippen LogP contribution in [0.1, 0.15) is 112 Å². The van der Waals surface area contributed by atoms with Crippen molar-refractivity contribution in [2.24, 2.45) is 0 Å². The number of aliphatic hydroxyl groups excluding tert-OH is 9. The van der Waals surface area contributed by atoms with Gasteiger partial charge in [0.1, 0.15) is 78.2 Å². The third-order valence-corrected chi connectivity index (χ3v) is 12.9. The number of aryl methyl sites for hydroxylation is 1. The zero-order valence-electron chi connectivity index (χ0n) is 39.1. The molecule has 7 heterocycles. The van der Waals surface area contributed by atoms with Crippen LogP contribution in [0.4, 0.5) is 0 Å². The molecule has 7 rings (SSSR count). The molecule has 0 saturated carbocycles. The number of ether oxygens (including phenoxy) is 5. The number of nitrogens with zero attached hydrogens (tertiary/aromatic N) is 11. The zero-order chi connectivity index (χ0) is 49.9.